The van der Waals surface area contributed by atoms with Gasteiger partial charge in [0.05, 0.1) is 7.11 Å². The quantitative estimate of drug-likeness (QED) is 0.558. The van der Waals surface area contributed by atoms with Gasteiger partial charge in [0.1, 0.15) is 5.75 Å². The third kappa shape index (κ3) is 2.94. The zero-order valence-electron chi connectivity index (χ0n) is 9.63. The summed E-state index contributed by atoms with van der Waals surface area (Å²) < 4.78 is 5.13. The van der Waals surface area contributed by atoms with Crippen LogP contribution in [0.3, 0.4) is 0 Å². The van der Waals surface area contributed by atoms with Gasteiger partial charge >= 0.3 is 0 Å². The Morgan fingerprint density at radius 1 is 1.33 bits per heavy atom. The third-order valence-corrected chi connectivity index (χ3v) is 2.10. The Bertz CT molecular complexity index is 399. The van der Waals surface area contributed by atoms with Crippen molar-refractivity contribution in [2.24, 2.45) is 0 Å². The van der Waals surface area contributed by atoms with Crippen LogP contribution in [0.5, 0.6) is 5.75 Å². The Labute approximate surface area is 90.6 Å². The van der Waals surface area contributed by atoms with E-state index in [2.05, 4.69) is 0 Å². The molecule has 15 heavy (non-hydrogen) atoms. The number of ketones is 1. The van der Waals surface area contributed by atoms with Crippen molar-refractivity contribution >= 4 is 5.78 Å². The second-order valence-electron chi connectivity index (χ2n) is 3.77. The molecule has 0 fully saturated rings. The van der Waals surface area contributed by atoms with Crippen molar-refractivity contribution in [3.63, 3.8) is 0 Å². The number of benzene rings is 1. The van der Waals surface area contributed by atoms with Gasteiger partial charge in [0.25, 0.3) is 0 Å². The number of allylic oxidation sites excluding steroid dienone is 2. The molecule has 0 aromatic heterocycles. The van der Waals surface area contributed by atoms with Crippen LogP contribution in [0.1, 0.15) is 29.8 Å². The molecule has 80 valence electrons. The number of carbonyl (C=O) groups excluding carboxylic acids is 1. The van der Waals surface area contributed by atoms with Crippen LogP contribution in [-0.2, 0) is 0 Å². The summed E-state index contributed by atoms with van der Waals surface area (Å²) >= 11 is 0. The van der Waals surface area contributed by atoms with E-state index in [1.165, 1.54) is 0 Å². The standard InChI is InChI=1S/C13H16O2/c1-9(2)7-12(14)11-5-6-13(15-4)10(3)8-11/h5-8H,1-4H3. The molecule has 0 saturated heterocycles. The Morgan fingerprint density at radius 2 is 2.00 bits per heavy atom. The molecule has 0 bridgehead atoms. The molecular weight excluding hydrogens is 188 g/mol. The monoisotopic (exact) mass is 204 g/mol. The fraction of sp³-hybridized carbons (Fsp3) is 0.308. The summed E-state index contributed by atoms with van der Waals surface area (Å²) in [6.07, 6.45) is 1.64. The summed E-state index contributed by atoms with van der Waals surface area (Å²) in [6.45, 7) is 5.75. The first kappa shape index (κ1) is 11.5. The summed E-state index contributed by atoms with van der Waals surface area (Å²) in [5.74, 6) is 0.851. The van der Waals surface area contributed by atoms with Crippen molar-refractivity contribution in [2.45, 2.75) is 20.8 Å². The van der Waals surface area contributed by atoms with E-state index in [0.29, 0.717) is 5.56 Å². The molecule has 0 aliphatic heterocycles. The fourth-order valence-electron chi connectivity index (χ4n) is 1.38. The Hall–Kier alpha value is -1.57. The molecule has 0 unspecified atom stereocenters. The van der Waals surface area contributed by atoms with Crippen LogP contribution in [-0.4, -0.2) is 12.9 Å². The van der Waals surface area contributed by atoms with Gasteiger partial charge in [-0.15, -0.1) is 0 Å². The summed E-state index contributed by atoms with van der Waals surface area (Å²) in [5.41, 5.74) is 2.69. The number of aryl methyl sites for hydroxylation is 1. The summed E-state index contributed by atoms with van der Waals surface area (Å²) in [4.78, 5) is 11.7. The average molecular weight is 204 g/mol. The highest BCUT2D eigenvalue weighted by molar-refractivity contribution is 6.05. The van der Waals surface area contributed by atoms with Crippen molar-refractivity contribution in [1.82, 2.24) is 0 Å². The largest absolute Gasteiger partial charge is 0.496 e. The molecule has 0 saturated carbocycles. The van der Waals surface area contributed by atoms with E-state index in [0.717, 1.165) is 16.9 Å². The molecule has 0 atom stereocenters. The van der Waals surface area contributed by atoms with Crippen molar-refractivity contribution in [2.75, 3.05) is 7.11 Å². The number of hydrogen-bond donors (Lipinski definition) is 0. The Kier molecular flexibility index (Phi) is 3.67. The van der Waals surface area contributed by atoms with Gasteiger partial charge in [-0.2, -0.15) is 0 Å². The Balaban J connectivity index is 3.03. The molecule has 0 heterocycles. The summed E-state index contributed by atoms with van der Waals surface area (Å²) in [6, 6.07) is 5.45. The minimum atomic E-state index is 0.0424. The van der Waals surface area contributed by atoms with E-state index >= 15 is 0 Å². The van der Waals surface area contributed by atoms with Gasteiger partial charge in [-0.3, -0.25) is 4.79 Å². The van der Waals surface area contributed by atoms with E-state index in [-0.39, 0.29) is 5.78 Å². The lowest BCUT2D eigenvalue weighted by Gasteiger charge is -2.05. The predicted octanol–water partition coefficient (Wildman–Crippen LogP) is 3.15. The van der Waals surface area contributed by atoms with Crippen LogP contribution < -0.4 is 4.74 Å². The topological polar surface area (TPSA) is 26.3 Å². The van der Waals surface area contributed by atoms with Crippen molar-refractivity contribution in [3.8, 4) is 5.75 Å². The van der Waals surface area contributed by atoms with Gasteiger partial charge in [0.15, 0.2) is 5.78 Å². The lowest BCUT2D eigenvalue weighted by Crippen LogP contribution is -1.97. The van der Waals surface area contributed by atoms with Gasteiger partial charge in [0, 0.05) is 5.56 Å². The van der Waals surface area contributed by atoms with Crippen LogP contribution in [0.2, 0.25) is 0 Å². The molecule has 2 heteroatoms. The molecule has 2 nitrogen and oxygen atoms in total. The predicted molar refractivity (Wildman–Crippen MR) is 61.5 cm³/mol. The second-order valence-corrected chi connectivity index (χ2v) is 3.77. The molecule has 1 aromatic carbocycles. The number of ether oxygens (including phenoxy) is 1. The maximum atomic E-state index is 11.7. The van der Waals surface area contributed by atoms with Gasteiger partial charge < -0.3 is 4.74 Å². The molecule has 0 aliphatic rings. The lowest BCUT2D eigenvalue weighted by molar-refractivity contribution is 0.104. The molecule has 0 radical (unpaired) electrons. The number of rotatable bonds is 3. The maximum absolute atomic E-state index is 11.7. The normalized spacial score (nSPS) is 9.60. The number of methoxy groups -OCH3 is 1. The first-order valence-electron chi connectivity index (χ1n) is 4.88. The highest BCUT2D eigenvalue weighted by Crippen LogP contribution is 2.19. The highest BCUT2D eigenvalue weighted by atomic mass is 16.5. The van der Waals surface area contributed by atoms with Crippen LogP contribution in [0.25, 0.3) is 0 Å². The van der Waals surface area contributed by atoms with Crippen molar-refractivity contribution in [3.05, 3.63) is 41.0 Å². The van der Waals surface area contributed by atoms with E-state index in [1.807, 2.05) is 32.9 Å². The number of hydrogen-bond acceptors (Lipinski definition) is 2. The molecule has 0 N–H and O–H groups in total. The van der Waals surface area contributed by atoms with Gasteiger partial charge in [-0.1, -0.05) is 5.57 Å². The minimum absolute atomic E-state index is 0.0424. The molecule has 0 aliphatic carbocycles. The van der Waals surface area contributed by atoms with Gasteiger partial charge in [0.2, 0.25) is 0 Å². The zero-order chi connectivity index (χ0) is 11.4. The average Bonchev–Trinajstić information content (AvgIpc) is 2.16. The SMILES string of the molecule is COc1ccc(C(=O)C=C(C)C)cc1C. The third-order valence-electron chi connectivity index (χ3n) is 2.10. The fourth-order valence-corrected chi connectivity index (χ4v) is 1.38. The summed E-state index contributed by atoms with van der Waals surface area (Å²) in [5, 5.41) is 0. The Morgan fingerprint density at radius 3 is 2.47 bits per heavy atom. The smallest absolute Gasteiger partial charge is 0.185 e. The molecule has 0 amide bonds. The number of carbonyl (C=O) groups is 1. The second kappa shape index (κ2) is 4.78. The zero-order valence-corrected chi connectivity index (χ0v) is 9.63. The summed E-state index contributed by atoms with van der Waals surface area (Å²) in [7, 11) is 1.62. The molecular formula is C13H16O2. The van der Waals surface area contributed by atoms with Gasteiger partial charge in [-0.25, -0.2) is 0 Å². The van der Waals surface area contributed by atoms with Crippen molar-refractivity contribution in [1.29, 1.82) is 0 Å². The minimum Gasteiger partial charge on any atom is -0.496 e. The van der Waals surface area contributed by atoms with Gasteiger partial charge in [-0.05, 0) is 50.6 Å². The highest BCUT2D eigenvalue weighted by Gasteiger charge is 2.05. The van der Waals surface area contributed by atoms with Crippen LogP contribution in [0.15, 0.2) is 29.8 Å². The van der Waals surface area contributed by atoms with Crippen LogP contribution in [0.4, 0.5) is 0 Å². The van der Waals surface area contributed by atoms with Crippen molar-refractivity contribution < 1.29 is 9.53 Å². The van der Waals surface area contributed by atoms with E-state index in [9.17, 15) is 4.79 Å². The van der Waals surface area contributed by atoms with E-state index in [1.54, 1.807) is 19.3 Å². The lowest BCUT2D eigenvalue weighted by atomic mass is 10.1. The molecule has 0 spiro atoms. The first-order chi connectivity index (χ1) is 7.04. The van der Waals surface area contributed by atoms with Crippen LogP contribution in [0, 0.1) is 6.92 Å². The van der Waals surface area contributed by atoms with E-state index in [4.69, 9.17) is 4.74 Å². The van der Waals surface area contributed by atoms with Crippen LogP contribution >= 0.6 is 0 Å². The molecule has 1 aromatic rings. The maximum Gasteiger partial charge on any atom is 0.185 e. The van der Waals surface area contributed by atoms with E-state index < -0.39 is 0 Å². The molecule has 1 rings (SSSR count). The first-order valence-corrected chi connectivity index (χ1v) is 4.88.